The number of hydrogen-bond acceptors (Lipinski definition) is 3. The van der Waals surface area contributed by atoms with E-state index in [2.05, 4.69) is 10.1 Å². The molecule has 2 rings (SSSR count). The first-order valence-electron chi connectivity index (χ1n) is 9.14. The van der Waals surface area contributed by atoms with E-state index in [1.165, 1.54) is 23.1 Å². The van der Waals surface area contributed by atoms with Crippen LogP contribution in [0.1, 0.15) is 56.3 Å². The number of carbonyl (C=O) groups excluding carboxylic acids is 2. The lowest BCUT2D eigenvalue weighted by Crippen LogP contribution is -2.61. The quantitative estimate of drug-likeness (QED) is 0.755. The monoisotopic (exact) mass is 386 g/mol. The van der Waals surface area contributed by atoms with E-state index < -0.39 is 23.6 Å². The minimum absolute atomic E-state index is 0.204. The van der Waals surface area contributed by atoms with E-state index in [9.17, 15) is 22.8 Å². The fourth-order valence-electron chi connectivity index (χ4n) is 3.25. The van der Waals surface area contributed by atoms with Gasteiger partial charge in [0.2, 0.25) is 5.91 Å². The van der Waals surface area contributed by atoms with Crippen LogP contribution in [0.15, 0.2) is 24.3 Å². The minimum atomic E-state index is -4.90. The Morgan fingerprint density at radius 3 is 2.63 bits per heavy atom. The third-order valence-electron chi connectivity index (χ3n) is 4.78. The van der Waals surface area contributed by atoms with Gasteiger partial charge >= 0.3 is 6.36 Å². The number of halogens is 3. The highest BCUT2D eigenvalue weighted by Gasteiger charge is 2.44. The number of rotatable bonds is 6. The van der Waals surface area contributed by atoms with Crippen molar-refractivity contribution >= 4 is 11.8 Å². The molecule has 1 atom stereocenters. The van der Waals surface area contributed by atoms with Crippen LogP contribution in [-0.4, -0.2) is 41.7 Å². The zero-order chi connectivity index (χ0) is 20.1. The maximum atomic E-state index is 13.1. The number of amides is 2. The fourth-order valence-corrected chi connectivity index (χ4v) is 3.25. The maximum absolute atomic E-state index is 13.1. The van der Waals surface area contributed by atoms with Crippen LogP contribution in [-0.2, 0) is 4.79 Å². The normalized spacial score (nSPS) is 20.3. The van der Waals surface area contributed by atoms with Gasteiger partial charge in [-0.1, -0.05) is 25.5 Å². The van der Waals surface area contributed by atoms with E-state index in [-0.39, 0.29) is 11.5 Å². The maximum Gasteiger partial charge on any atom is 0.573 e. The number of para-hydroxylation sites is 1. The smallest absolute Gasteiger partial charge is 0.405 e. The number of carbonyl (C=O) groups is 2. The van der Waals surface area contributed by atoms with Crippen molar-refractivity contribution in [3.63, 3.8) is 0 Å². The van der Waals surface area contributed by atoms with Crippen LogP contribution >= 0.6 is 0 Å². The molecule has 1 saturated heterocycles. The average molecular weight is 386 g/mol. The molecule has 1 aromatic rings. The third kappa shape index (κ3) is 5.14. The second-order valence-electron chi connectivity index (χ2n) is 6.84. The molecule has 0 aromatic heterocycles. The van der Waals surface area contributed by atoms with Crippen molar-refractivity contribution in [1.82, 2.24) is 10.2 Å². The highest BCUT2D eigenvalue weighted by molar-refractivity contribution is 6.01. The molecular weight excluding hydrogens is 361 g/mol. The number of piperidine rings is 1. The molecule has 0 saturated carbocycles. The van der Waals surface area contributed by atoms with Crippen molar-refractivity contribution in [2.24, 2.45) is 0 Å². The summed E-state index contributed by atoms with van der Waals surface area (Å²) in [6, 6.07) is 5.22. The second-order valence-corrected chi connectivity index (χ2v) is 6.84. The predicted molar refractivity (Wildman–Crippen MR) is 94.3 cm³/mol. The number of alkyl halides is 3. The Hall–Kier alpha value is -2.25. The second kappa shape index (κ2) is 8.63. The minimum Gasteiger partial charge on any atom is -0.405 e. The Balaban J connectivity index is 2.29. The molecule has 0 radical (unpaired) electrons. The molecular formula is C19H25F3N2O3. The Morgan fingerprint density at radius 1 is 1.26 bits per heavy atom. The van der Waals surface area contributed by atoms with Crippen molar-refractivity contribution in [1.29, 1.82) is 0 Å². The molecule has 1 fully saturated rings. The van der Waals surface area contributed by atoms with Crippen LogP contribution in [0, 0.1) is 0 Å². The molecule has 1 aromatic carbocycles. The van der Waals surface area contributed by atoms with Crippen LogP contribution in [0.4, 0.5) is 13.2 Å². The predicted octanol–water partition coefficient (Wildman–Crippen LogP) is 3.89. The van der Waals surface area contributed by atoms with Crippen molar-refractivity contribution in [2.45, 2.75) is 57.9 Å². The lowest BCUT2D eigenvalue weighted by atomic mass is 9.86. The molecule has 0 spiro atoms. The van der Waals surface area contributed by atoms with E-state index in [1.54, 1.807) is 6.92 Å². The van der Waals surface area contributed by atoms with Gasteiger partial charge in [0, 0.05) is 13.1 Å². The molecule has 1 heterocycles. The Bertz CT molecular complexity index is 678. The summed E-state index contributed by atoms with van der Waals surface area (Å²) in [5.74, 6) is -1.48. The van der Waals surface area contributed by atoms with Crippen molar-refractivity contribution in [2.75, 3.05) is 13.1 Å². The summed E-state index contributed by atoms with van der Waals surface area (Å²) in [6.07, 6.45) is -1.26. The zero-order valence-corrected chi connectivity index (χ0v) is 15.6. The lowest BCUT2D eigenvalue weighted by molar-refractivity contribution is -0.274. The van der Waals surface area contributed by atoms with Crippen molar-refractivity contribution in [3.05, 3.63) is 29.8 Å². The number of hydrogen-bond donors (Lipinski definition) is 1. The number of nitrogens with zero attached hydrogens (tertiary/aromatic N) is 1. The largest absolute Gasteiger partial charge is 0.573 e. The van der Waals surface area contributed by atoms with E-state index in [1.807, 2.05) is 6.92 Å². The molecule has 150 valence electrons. The summed E-state index contributed by atoms with van der Waals surface area (Å²) in [5.41, 5.74) is -1.31. The van der Waals surface area contributed by atoms with Crippen LogP contribution in [0.25, 0.3) is 0 Å². The van der Waals surface area contributed by atoms with Gasteiger partial charge in [0.25, 0.3) is 5.91 Å². The van der Waals surface area contributed by atoms with Gasteiger partial charge in [-0.3, -0.25) is 9.59 Å². The van der Waals surface area contributed by atoms with Gasteiger partial charge < -0.3 is 15.0 Å². The van der Waals surface area contributed by atoms with Crippen LogP contribution in [0.3, 0.4) is 0 Å². The average Bonchev–Trinajstić information content (AvgIpc) is 2.61. The van der Waals surface area contributed by atoms with Gasteiger partial charge in [0.15, 0.2) is 0 Å². The SMILES string of the molecule is CCCCNC(=O)C1(C)CCCCN1C(=O)c1ccccc1OC(F)(F)F. The van der Waals surface area contributed by atoms with Crippen LogP contribution < -0.4 is 10.1 Å². The molecule has 1 unspecified atom stereocenters. The standard InChI is InChI=1S/C19H25F3N2O3/c1-3-4-12-23-17(26)18(2)11-7-8-13-24(18)16(25)14-9-5-6-10-15(14)27-19(20,21)22/h5-6,9-10H,3-4,7-8,11-13H2,1-2H3,(H,23,26). The Labute approximate surface area is 156 Å². The number of ether oxygens (including phenoxy) is 1. The number of unbranched alkanes of at least 4 members (excludes halogenated alkanes) is 1. The first-order chi connectivity index (χ1) is 12.7. The van der Waals surface area contributed by atoms with Gasteiger partial charge in [-0.25, -0.2) is 0 Å². The lowest BCUT2D eigenvalue weighted by Gasteiger charge is -2.43. The van der Waals surface area contributed by atoms with Crippen molar-refractivity contribution < 1.29 is 27.5 Å². The molecule has 1 aliphatic heterocycles. The van der Waals surface area contributed by atoms with Crippen molar-refractivity contribution in [3.8, 4) is 5.75 Å². The summed E-state index contributed by atoms with van der Waals surface area (Å²) in [6.45, 7) is 4.47. The van der Waals surface area contributed by atoms with E-state index >= 15 is 0 Å². The number of nitrogens with one attached hydrogen (secondary N) is 1. The number of likely N-dealkylation sites (tertiary alicyclic amines) is 1. The number of benzene rings is 1. The first-order valence-corrected chi connectivity index (χ1v) is 9.14. The Morgan fingerprint density at radius 2 is 1.96 bits per heavy atom. The molecule has 1 N–H and O–H groups in total. The van der Waals surface area contributed by atoms with Crippen LogP contribution in [0.2, 0.25) is 0 Å². The highest BCUT2D eigenvalue weighted by Crippen LogP contribution is 2.33. The van der Waals surface area contributed by atoms with E-state index in [0.717, 1.165) is 25.3 Å². The summed E-state index contributed by atoms with van der Waals surface area (Å²) in [4.78, 5) is 27.2. The van der Waals surface area contributed by atoms with Gasteiger partial charge in [-0.05, 0) is 44.7 Å². The highest BCUT2D eigenvalue weighted by atomic mass is 19.4. The summed E-state index contributed by atoms with van der Waals surface area (Å²) < 4.78 is 42.0. The topological polar surface area (TPSA) is 58.6 Å². The fraction of sp³-hybridized carbons (Fsp3) is 0.579. The molecule has 2 amide bonds. The van der Waals surface area contributed by atoms with Gasteiger partial charge in [-0.15, -0.1) is 13.2 Å². The molecule has 27 heavy (non-hydrogen) atoms. The molecule has 1 aliphatic rings. The summed E-state index contributed by atoms with van der Waals surface area (Å²) in [7, 11) is 0. The van der Waals surface area contributed by atoms with Gasteiger partial charge in [0.1, 0.15) is 11.3 Å². The third-order valence-corrected chi connectivity index (χ3v) is 4.78. The first kappa shape index (κ1) is 21.1. The zero-order valence-electron chi connectivity index (χ0n) is 15.6. The van der Waals surface area contributed by atoms with Gasteiger partial charge in [0.05, 0.1) is 5.56 Å². The Kier molecular flexibility index (Phi) is 6.73. The molecule has 5 nitrogen and oxygen atoms in total. The van der Waals surface area contributed by atoms with E-state index in [4.69, 9.17) is 0 Å². The molecule has 0 aliphatic carbocycles. The van der Waals surface area contributed by atoms with E-state index in [0.29, 0.717) is 25.9 Å². The summed E-state index contributed by atoms with van der Waals surface area (Å²) >= 11 is 0. The molecule has 0 bridgehead atoms. The van der Waals surface area contributed by atoms with Gasteiger partial charge in [-0.2, -0.15) is 0 Å². The summed E-state index contributed by atoms with van der Waals surface area (Å²) in [5, 5.41) is 2.84. The molecule has 8 heteroatoms. The van der Waals surface area contributed by atoms with Crippen LogP contribution in [0.5, 0.6) is 5.75 Å².